The van der Waals surface area contributed by atoms with Gasteiger partial charge in [0.15, 0.2) is 0 Å². The van der Waals surface area contributed by atoms with Crippen LogP contribution in [0, 0.1) is 13.8 Å². The molecule has 1 amide bonds. The fourth-order valence-electron chi connectivity index (χ4n) is 3.69. The third kappa shape index (κ3) is 3.86. The van der Waals surface area contributed by atoms with Gasteiger partial charge in [-0.1, -0.05) is 0 Å². The summed E-state index contributed by atoms with van der Waals surface area (Å²) in [6.07, 6.45) is 1.76. The molecule has 0 atom stereocenters. The van der Waals surface area contributed by atoms with Gasteiger partial charge in [0.2, 0.25) is 0 Å². The van der Waals surface area contributed by atoms with Crippen molar-refractivity contribution in [2.75, 3.05) is 38.1 Å². The molecule has 0 bridgehead atoms. The number of H-pyrrole nitrogens is 1. The van der Waals surface area contributed by atoms with Crippen molar-refractivity contribution in [3.05, 3.63) is 57.4 Å². The molecule has 0 aromatic carbocycles. The number of hydrogen-bond donors (Lipinski definition) is 2. The number of aromatic nitrogens is 4. The summed E-state index contributed by atoms with van der Waals surface area (Å²) in [7, 11) is 1.61. The van der Waals surface area contributed by atoms with Crippen LogP contribution >= 0.6 is 0 Å². The topological polar surface area (TPSA) is 98.6 Å². The zero-order valence-corrected chi connectivity index (χ0v) is 16.9. The number of anilines is 1. The van der Waals surface area contributed by atoms with Crippen molar-refractivity contribution in [1.82, 2.24) is 29.8 Å². The van der Waals surface area contributed by atoms with Gasteiger partial charge >= 0.3 is 0 Å². The van der Waals surface area contributed by atoms with Gasteiger partial charge in [0.05, 0.1) is 17.1 Å². The average molecular weight is 395 g/mol. The van der Waals surface area contributed by atoms with Gasteiger partial charge in [0.1, 0.15) is 11.3 Å². The summed E-state index contributed by atoms with van der Waals surface area (Å²) < 4.78 is 1.73. The highest BCUT2D eigenvalue weighted by Gasteiger charge is 2.20. The van der Waals surface area contributed by atoms with Crippen molar-refractivity contribution in [2.45, 2.75) is 20.4 Å². The molecule has 0 radical (unpaired) electrons. The highest BCUT2D eigenvalue weighted by Crippen LogP contribution is 2.21. The molecule has 1 fully saturated rings. The van der Waals surface area contributed by atoms with Gasteiger partial charge in [-0.25, -0.2) is 9.50 Å². The molecule has 4 heterocycles. The highest BCUT2D eigenvalue weighted by molar-refractivity contribution is 5.92. The molecular formula is C20H25N7O2. The van der Waals surface area contributed by atoms with Gasteiger partial charge in [0.25, 0.3) is 11.5 Å². The minimum atomic E-state index is -0.173. The smallest absolute Gasteiger partial charge is 0.269 e. The van der Waals surface area contributed by atoms with E-state index in [-0.39, 0.29) is 11.5 Å². The summed E-state index contributed by atoms with van der Waals surface area (Å²) in [5.41, 5.74) is 4.58. The number of nitrogens with one attached hydrogen (secondary N) is 2. The molecule has 9 nitrogen and oxygen atoms in total. The summed E-state index contributed by atoms with van der Waals surface area (Å²) in [5.74, 6) is -0.173. The first-order valence-electron chi connectivity index (χ1n) is 9.70. The van der Waals surface area contributed by atoms with E-state index in [2.05, 4.69) is 30.2 Å². The van der Waals surface area contributed by atoms with E-state index in [4.69, 9.17) is 0 Å². The molecule has 1 aliphatic heterocycles. The van der Waals surface area contributed by atoms with E-state index in [0.717, 1.165) is 49.8 Å². The Hall–Kier alpha value is -3.20. The van der Waals surface area contributed by atoms with E-state index in [0.29, 0.717) is 16.9 Å². The molecule has 29 heavy (non-hydrogen) atoms. The number of fused-ring (bicyclic) bond motifs is 1. The number of aryl methyl sites for hydroxylation is 2. The summed E-state index contributed by atoms with van der Waals surface area (Å²) in [5, 5.41) is 7.18. The van der Waals surface area contributed by atoms with E-state index in [1.807, 2.05) is 19.1 Å². The molecule has 1 aliphatic rings. The summed E-state index contributed by atoms with van der Waals surface area (Å²) in [6, 6.07) is 5.68. The fourth-order valence-corrected chi connectivity index (χ4v) is 3.69. The second kappa shape index (κ2) is 7.67. The number of pyridine rings is 1. The summed E-state index contributed by atoms with van der Waals surface area (Å²) in [6.45, 7) is 8.02. The van der Waals surface area contributed by atoms with Crippen LogP contribution in [-0.4, -0.2) is 63.6 Å². The van der Waals surface area contributed by atoms with E-state index >= 15 is 0 Å². The molecule has 0 spiro atoms. The Bertz CT molecular complexity index is 1110. The van der Waals surface area contributed by atoms with Crippen molar-refractivity contribution >= 4 is 17.2 Å². The van der Waals surface area contributed by atoms with Gasteiger partial charge in [0, 0.05) is 57.6 Å². The monoisotopic (exact) mass is 395 g/mol. The zero-order chi connectivity index (χ0) is 20.5. The number of carbonyl (C=O) groups is 1. The summed E-state index contributed by atoms with van der Waals surface area (Å²) in [4.78, 5) is 35.5. The Morgan fingerprint density at radius 2 is 1.97 bits per heavy atom. The fraction of sp³-hybridized carbons (Fsp3) is 0.400. The minimum Gasteiger partial charge on any atom is -0.368 e. The molecule has 1 saturated heterocycles. The van der Waals surface area contributed by atoms with Crippen LogP contribution in [0.1, 0.15) is 27.4 Å². The van der Waals surface area contributed by atoms with Crippen LogP contribution in [0.2, 0.25) is 0 Å². The van der Waals surface area contributed by atoms with Crippen molar-refractivity contribution < 1.29 is 4.79 Å². The van der Waals surface area contributed by atoms with Crippen LogP contribution in [0.25, 0.3) is 5.65 Å². The van der Waals surface area contributed by atoms with Crippen molar-refractivity contribution in [2.24, 2.45) is 0 Å². The Balaban J connectivity index is 1.41. The Labute approximate surface area is 168 Å². The lowest BCUT2D eigenvalue weighted by molar-refractivity contribution is 0.0958. The van der Waals surface area contributed by atoms with Crippen molar-refractivity contribution in [3.8, 4) is 0 Å². The van der Waals surface area contributed by atoms with Gasteiger partial charge < -0.3 is 15.2 Å². The molecule has 0 unspecified atom stereocenters. The maximum Gasteiger partial charge on any atom is 0.269 e. The molecule has 3 aromatic rings. The second-order valence-electron chi connectivity index (χ2n) is 7.38. The van der Waals surface area contributed by atoms with Crippen LogP contribution < -0.4 is 15.8 Å². The maximum atomic E-state index is 11.8. The normalized spacial score (nSPS) is 15.1. The first-order valence-corrected chi connectivity index (χ1v) is 9.70. The van der Waals surface area contributed by atoms with Crippen LogP contribution in [0.5, 0.6) is 0 Å². The van der Waals surface area contributed by atoms with Crippen molar-refractivity contribution in [1.29, 1.82) is 0 Å². The number of piperazine rings is 1. The third-order valence-electron chi connectivity index (χ3n) is 5.32. The van der Waals surface area contributed by atoms with Gasteiger partial charge in [-0.05, 0) is 26.0 Å². The molecule has 4 rings (SSSR count). The number of rotatable bonds is 4. The lowest BCUT2D eigenvalue weighted by Crippen LogP contribution is -2.46. The van der Waals surface area contributed by atoms with Crippen molar-refractivity contribution in [3.63, 3.8) is 0 Å². The van der Waals surface area contributed by atoms with Crippen LogP contribution in [0.3, 0.4) is 0 Å². The SMILES string of the molecule is CNC(=O)c1ccc(N2CCN(Cc3cc4[nH]c(=O)c(C)cn4n3)CC2)c(C)n1. The molecular weight excluding hydrogens is 370 g/mol. The van der Waals surface area contributed by atoms with Crippen LogP contribution in [-0.2, 0) is 6.54 Å². The van der Waals surface area contributed by atoms with E-state index in [9.17, 15) is 9.59 Å². The molecule has 9 heteroatoms. The Kier molecular flexibility index (Phi) is 5.06. The zero-order valence-electron chi connectivity index (χ0n) is 16.9. The van der Waals surface area contributed by atoms with Crippen LogP contribution in [0.15, 0.2) is 29.2 Å². The average Bonchev–Trinajstić information content (AvgIpc) is 3.09. The standard InChI is InChI=1S/C20H25N7O2/c1-13-11-27-18(23-19(13)28)10-15(24-27)12-25-6-8-26(9-7-25)17-5-4-16(20(29)21-3)22-14(17)2/h4-5,10-11H,6-9,12H2,1-3H3,(H,21,29)(H,23,28). The number of amides is 1. The number of aromatic amines is 1. The van der Waals surface area contributed by atoms with Crippen LogP contribution in [0.4, 0.5) is 5.69 Å². The Morgan fingerprint density at radius 1 is 1.21 bits per heavy atom. The molecule has 152 valence electrons. The molecule has 0 aliphatic carbocycles. The number of hydrogen-bond acceptors (Lipinski definition) is 6. The lowest BCUT2D eigenvalue weighted by Gasteiger charge is -2.36. The number of nitrogens with zero attached hydrogens (tertiary/aromatic N) is 5. The van der Waals surface area contributed by atoms with Gasteiger partial charge in [-0.15, -0.1) is 0 Å². The largest absolute Gasteiger partial charge is 0.368 e. The lowest BCUT2D eigenvalue weighted by atomic mass is 10.2. The third-order valence-corrected chi connectivity index (χ3v) is 5.32. The predicted octanol–water partition coefficient (Wildman–Crippen LogP) is 0.716. The quantitative estimate of drug-likeness (QED) is 0.675. The first-order chi connectivity index (χ1) is 13.9. The molecule has 0 saturated carbocycles. The minimum absolute atomic E-state index is 0.0796. The molecule has 3 aromatic heterocycles. The van der Waals surface area contributed by atoms with E-state index in [1.54, 1.807) is 30.8 Å². The Morgan fingerprint density at radius 3 is 2.66 bits per heavy atom. The first kappa shape index (κ1) is 19.1. The van der Waals surface area contributed by atoms with Gasteiger partial charge in [-0.3, -0.25) is 14.5 Å². The number of carbonyl (C=O) groups excluding carboxylic acids is 1. The van der Waals surface area contributed by atoms with E-state index in [1.165, 1.54) is 0 Å². The molecule has 2 N–H and O–H groups in total. The van der Waals surface area contributed by atoms with Gasteiger partial charge in [-0.2, -0.15) is 5.10 Å². The highest BCUT2D eigenvalue weighted by atomic mass is 16.1. The van der Waals surface area contributed by atoms with E-state index < -0.39 is 0 Å². The second-order valence-corrected chi connectivity index (χ2v) is 7.38. The summed E-state index contributed by atoms with van der Waals surface area (Å²) >= 11 is 0. The predicted molar refractivity (Wildman–Crippen MR) is 110 cm³/mol. The maximum absolute atomic E-state index is 11.8.